The van der Waals surface area contributed by atoms with Gasteiger partial charge in [0.25, 0.3) is 0 Å². The fraction of sp³-hybridized carbons (Fsp3) is 0.333. The summed E-state index contributed by atoms with van der Waals surface area (Å²) in [6.45, 7) is 3.71. The lowest BCUT2D eigenvalue weighted by Crippen LogP contribution is -2.20. The van der Waals surface area contributed by atoms with E-state index in [9.17, 15) is 9.59 Å². The summed E-state index contributed by atoms with van der Waals surface area (Å²) in [5.74, 6) is -0.291. The molecule has 0 atom stereocenters. The van der Waals surface area contributed by atoms with Crippen LogP contribution in [0.15, 0.2) is 45.2 Å². The molecule has 2 rings (SSSR count). The van der Waals surface area contributed by atoms with Crippen LogP contribution in [0.2, 0.25) is 0 Å². The molecule has 2 aromatic heterocycles. The second-order valence-corrected chi connectivity index (χ2v) is 7.52. The van der Waals surface area contributed by atoms with Crippen LogP contribution in [-0.2, 0) is 9.59 Å². The SMILES string of the molecule is CC(=NNC(=O)CCCCC(=O)NN=C(C)c1cccs1)c1cccs1. The molecular weight excluding hydrogens is 368 g/mol. The quantitative estimate of drug-likeness (QED) is 0.388. The van der Waals surface area contributed by atoms with E-state index in [-0.39, 0.29) is 11.8 Å². The molecule has 0 spiro atoms. The summed E-state index contributed by atoms with van der Waals surface area (Å²) < 4.78 is 0. The lowest BCUT2D eigenvalue weighted by molar-refractivity contribution is -0.123. The van der Waals surface area contributed by atoms with Gasteiger partial charge in [0.1, 0.15) is 0 Å². The molecule has 0 aromatic carbocycles. The monoisotopic (exact) mass is 390 g/mol. The molecule has 2 N–H and O–H groups in total. The first-order valence-electron chi connectivity index (χ1n) is 8.30. The van der Waals surface area contributed by atoms with Crippen molar-refractivity contribution in [2.24, 2.45) is 10.2 Å². The maximum absolute atomic E-state index is 11.8. The number of carbonyl (C=O) groups is 2. The van der Waals surface area contributed by atoms with Crippen LogP contribution in [0.5, 0.6) is 0 Å². The second kappa shape index (κ2) is 10.6. The third-order valence-electron chi connectivity index (χ3n) is 3.51. The highest BCUT2D eigenvalue weighted by Gasteiger charge is 2.05. The third kappa shape index (κ3) is 6.89. The Hall–Kier alpha value is -2.32. The highest BCUT2D eigenvalue weighted by atomic mass is 32.1. The summed E-state index contributed by atoms with van der Waals surface area (Å²) >= 11 is 3.15. The predicted octanol–water partition coefficient (Wildman–Crippen LogP) is 3.75. The molecule has 0 bridgehead atoms. The van der Waals surface area contributed by atoms with Crippen LogP contribution in [0, 0.1) is 0 Å². The van der Waals surface area contributed by atoms with Gasteiger partial charge >= 0.3 is 0 Å². The van der Waals surface area contributed by atoms with Gasteiger partial charge in [-0.25, -0.2) is 10.9 Å². The van der Waals surface area contributed by atoms with Crippen molar-refractivity contribution in [1.29, 1.82) is 0 Å². The van der Waals surface area contributed by atoms with Crippen LogP contribution in [0.25, 0.3) is 0 Å². The first kappa shape index (κ1) is 20.0. The van der Waals surface area contributed by atoms with Crippen molar-refractivity contribution in [3.63, 3.8) is 0 Å². The maximum Gasteiger partial charge on any atom is 0.240 e. The molecule has 138 valence electrons. The van der Waals surface area contributed by atoms with Crippen molar-refractivity contribution in [2.45, 2.75) is 39.5 Å². The number of nitrogens with one attached hydrogen (secondary N) is 2. The molecule has 26 heavy (non-hydrogen) atoms. The topological polar surface area (TPSA) is 82.9 Å². The van der Waals surface area contributed by atoms with Gasteiger partial charge in [0.2, 0.25) is 11.8 Å². The summed E-state index contributed by atoms with van der Waals surface area (Å²) in [4.78, 5) is 25.6. The number of hydrogen-bond donors (Lipinski definition) is 2. The van der Waals surface area contributed by atoms with Gasteiger partial charge in [-0.3, -0.25) is 9.59 Å². The fourth-order valence-electron chi connectivity index (χ4n) is 2.05. The first-order chi connectivity index (χ1) is 12.6. The van der Waals surface area contributed by atoms with Gasteiger partial charge in [-0.1, -0.05) is 12.1 Å². The Balaban J connectivity index is 1.60. The predicted molar refractivity (Wildman–Crippen MR) is 108 cm³/mol. The first-order valence-corrected chi connectivity index (χ1v) is 10.1. The number of thiophene rings is 2. The van der Waals surface area contributed by atoms with Crippen LogP contribution in [0.3, 0.4) is 0 Å². The van der Waals surface area contributed by atoms with E-state index in [1.165, 1.54) is 0 Å². The number of amides is 2. The van der Waals surface area contributed by atoms with Crippen LogP contribution >= 0.6 is 22.7 Å². The zero-order valence-corrected chi connectivity index (χ0v) is 16.5. The summed E-state index contributed by atoms with van der Waals surface area (Å²) in [5, 5.41) is 12.1. The molecular formula is C18H22N4O2S2. The van der Waals surface area contributed by atoms with Crippen molar-refractivity contribution >= 4 is 45.9 Å². The summed E-state index contributed by atoms with van der Waals surface area (Å²) in [6.07, 6.45) is 1.93. The normalized spacial score (nSPS) is 12.1. The van der Waals surface area contributed by atoms with E-state index in [0.29, 0.717) is 25.7 Å². The second-order valence-electron chi connectivity index (χ2n) is 5.63. The number of unbranched alkanes of at least 4 members (excludes halogenated alkanes) is 1. The zero-order chi connectivity index (χ0) is 18.8. The number of hydrazone groups is 2. The molecule has 2 aromatic rings. The molecule has 0 saturated carbocycles. The molecule has 0 fully saturated rings. The lowest BCUT2D eigenvalue weighted by Gasteiger charge is -2.03. The average Bonchev–Trinajstić information content (AvgIpc) is 3.34. The van der Waals surface area contributed by atoms with E-state index < -0.39 is 0 Å². The van der Waals surface area contributed by atoms with E-state index in [0.717, 1.165) is 21.2 Å². The molecule has 8 heteroatoms. The van der Waals surface area contributed by atoms with Crippen molar-refractivity contribution in [3.05, 3.63) is 44.8 Å². The Kier molecular flexibility index (Phi) is 8.17. The van der Waals surface area contributed by atoms with E-state index >= 15 is 0 Å². The Morgan fingerprint density at radius 2 is 1.27 bits per heavy atom. The smallest absolute Gasteiger partial charge is 0.240 e. The molecule has 0 unspecified atom stereocenters. The van der Waals surface area contributed by atoms with Crippen molar-refractivity contribution in [2.75, 3.05) is 0 Å². The minimum Gasteiger partial charge on any atom is -0.273 e. The molecule has 0 aliphatic rings. The maximum atomic E-state index is 11.8. The fourth-order valence-corrected chi connectivity index (χ4v) is 3.41. The van der Waals surface area contributed by atoms with E-state index in [1.807, 2.05) is 48.9 Å². The Morgan fingerprint density at radius 3 is 1.62 bits per heavy atom. The molecule has 0 saturated heterocycles. The molecule has 0 aliphatic heterocycles. The molecule has 0 aliphatic carbocycles. The van der Waals surface area contributed by atoms with Crippen LogP contribution in [0.1, 0.15) is 49.3 Å². The Bertz CT molecular complexity index is 699. The zero-order valence-electron chi connectivity index (χ0n) is 14.8. The van der Waals surface area contributed by atoms with Crippen molar-refractivity contribution in [1.82, 2.24) is 10.9 Å². The van der Waals surface area contributed by atoms with Gasteiger partial charge in [0, 0.05) is 22.6 Å². The number of rotatable bonds is 9. The van der Waals surface area contributed by atoms with Gasteiger partial charge in [-0.2, -0.15) is 10.2 Å². The third-order valence-corrected chi connectivity index (χ3v) is 5.47. The van der Waals surface area contributed by atoms with Crippen LogP contribution in [-0.4, -0.2) is 23.2 Å². The molecule has 6 nitrogen and oxygen atoms in total. The van der Waals surface area contributed by atoms with Crippen molar-refractivity contribution in [3.8, 4) is 0 Å². The largest absolute Gasteiger partial charge is 0.273 e. The van der Waals surface area contributed by atoms with Gasteiger partial charge in [-0.15, -0.1) is 22.7 Å². The number of nitrogens with zero attached hydrogens (tertiary/aromatic N) is 2. The Labute approximate surface area is 161 Å². The summed E-state index contributed by atoms with van der Waals surface area (Å²) in [5.41, 5.74) is 6.67. The number of hydrogen-bond acceptors (Lipinski definition) is 6. The van der Waals surface area contributed by atoms with Crippen molar-refractivity contribution < 1.29 is 9.59 Å². The van der Waals surface area contributed by atoms with E-state index in [1.54, 1.807) is 22.7 Å². The molecule has 2 heterocycles. The van der Waals surface area contributed by atoms with Gasteiger partial charge in [0.05, 0.1) is 11.4 Å². The van der Waals surface area contributed by atoms with E-state index in [4.69, 9.17) is 0 Å². The highest BCUT2D eigenvalue weighted by molar-refractivity contribution is 7.12. The minimum atomic E-state index is -0.145. The standard InChI is InChI=1S/C18H22N4O2S2/c1-13(15-7-5-11-25-15)19-21-17(23)9-3-4-10-18(24)22-20-14(2)16-8-6-12-26-16/h5-8,11-12H,3-4,9-10H2,1-2H3,(H,21,23)(H,22,24). The van der Waals surface area contributed by atoms with E-state index in [2.05, 4.69) is 21.1 Å². The van der Waals surface area contributed by atoms with Gasteiger partial charge in [-0.05, 0) is 49.6 Å². The number of carbonyl (C=O) groups excluding carboxylic acids is 2. The van der Waals surface area contributed by atoms with Gasteiger partial charge < -0.3 is 0 Å². The van der Waals surface area contributed by atoms with Crippen LogP contribution in [0.4, 0.5) is 0 Å². The summed E-state index contributed by atoms with van der Waals surface area (Å²) in [6, 6.07) is 7.80. The Morgan fingerprint density at radius 1 is 0.846 bits per heavy atom. The lowest BCUT2D eigenvalue weighted by atomic mass is 10.2. The average molecular weight is 391 g/mol. The highest BCUT2D eigenvalue weighted by Crippen LogP contribution is 2.10. The van der Waals surface area contributed by atoms with Crippen LogP contribution < -0.4 is 10.9 Å². The molecule has 0 radical (unpaired) electrons. The summed E-state index contributed by atoms with van der Waals surface area (Å²) in [7, 11) is 0. The molecule has 2 amide bonds. The van der Waals surface area contributed by atoms with Gasteiger partial charge in [0.15, 0.2) is 0 Å². The minimum absolute atomic E-state index is 0.145.